The molecule has 0 aromatic carbocycles. The van der Waals surface area contributed by atoms with Crippen LogP contribution < -0.4 is 5.32 Å². The molecule has 2 heterocycles. The molecule has 5 heteroatoms. The Morgan fingerprint density at radius 2 is 2.40 bits per heavy atom. The standard InChI is InChI=1S/C15H23N3O2/c1-15(6-8-16-12-15)14(19)18(9-10-20-2)11-13-5-3-4-7-17-13/h3-5,7,16H,6,8-12H2,1-2H3. The van der Waals surface area contributed by atoms with Crippen molar-refractivity contribution in [3.63, 3.8) is 0 Å². The molecule has 0 saturated carbocycles. The van der Waals surface area contributed by atoms with Gasteiger partial charge in [-0.05, 0) is 32.0 Å². The van der Waals surface area contributed by atoms with Crippen LogP contribution in [0, 0.1) is 5.41 Å². The second-order valence-corrected chi connectivity index (χ2v) is 5.53. The maximum atomic E-state index is 12.8. The summed E-state index contributed by atoms with van der Waals surface area (Å²) in [7, 11) is 1.66. The molecule has 2 rings (SSSR count). The second-order valence-electron chi connectivity index (χ2n) is 5.53. The monoisotopic (exact) mass is 277 g/mol. The van der Waals surface area contributed by atoms with Crippen LogP contribution in [0.2, 0.25) is 0 Å². The highest BCUT2D eigenvalue weighted by Crippen LogP contribution is 2.27. The lowest BCUT2D eigenvalue weighted by Gasteiger charge is -2.31. The largest absolute Gasteiger partial charge is 0.383 e. The van der Waals surface area contributed by atoms with E-state index in [1.54, 1.807) is 13.3 Å². The topological polar surface area (TPSA) is 54.5 Å². The van der Waals surface area contributed by atoms with E-state index in [0.717, 1.165) is 25.2 Å². The zero-order valence-electron chi connectivity index (χ0n) is 12.3. The number of amides is 1. The number of nitrogens with zero attached hydrogens (tertiary/aromatic N) is 2. The molecule has 1 N–H and O–H groups in total. The molecular formula is C15H23N3O2. The van der Waals surface area contributed by atoms with E-state index in [1.165, 1.54) is 0 Å². The number of carbonyl (C=O) groups excluding carboxylic acids is 1. The summed E-state index contributed by atoms with van der Waals surface area (Å²) >= 11 is 0. The summed E-state index contributed by atoms with van der Waals surface area (Å²) in [5.41, 5.74) is 0.606. The summed E-state index contributed by atoms with van der Waals surface area (Å²) in [6, 6.07) is 5.77. The molecule has 1 aromatic rings. The Bertz CT molecular complexity index is 430. The van der Waals surface area contributed by atoms with Crippen LogP contribution in [0.5, 0.6) is 0 Å². The molecule has 5 nitrogen and oxygen atoms in total. The first-order valence-electron chi connectivity index (χ1n) is 7.05. The highest BCUT2D eigenvalue weighted by Gasteiger charge is 2.39. The molecule has 1 aliphatic heterocycles. The van der Waals surface area contributed by atoms with E-state index in [1.807, 2.05) is 30.0 Å². The third kappa shape index (κ3) is 3.55. The summed E-state index contributed by atoms with van der Waals surface area (Å²) < 4.78 is 5.13. The molecule has 1 aromatic heterocycles. The Morgan fingerprint density at radius 1 is 1.55 bits per heavy atom. The number of carbonyl (C=O) groups is 1. The van der Waals surface area contributed by atoms with Crippen molar-refractivity contribution in [1.29, 1.82) is 0 Å². The SMILES string of the molecule is COCCN(Cc1ccccn1)C(=O)C1(C)CCNC1. The van der Waals surface area contributed by atoms with Crippen molar-refractivity contribution < 1.29 is 9.53 Å². The Morgan fingerprint density at radius 3 is 3.00 bits per heavy atom. The molecule has 1 fully saturated rings. The lowest BCUT2D eigenvalue weighted by molar-refractivity contribution is -0.141. The predicted molar refractivity (Wildman–Crippen MR) is 77.1 cm³/mol. The number of rotatable bonds is 6. The summed E-state index contributed by atoms with van der Waals surface area (Å²) in [6.45, 7) is 5.37. The molecule has 1 amide bonds. The van der Waals surface area contributed by atoms with E-state index in [0.29, 0.717) is 19.7 Å². The first-order valence-corrected chi connectivity index (χ1v) is 7.05. The Labute approximate surface area is 120 Å². The second kappa shape index (κ2) is 6.81. The van der Waals surface area contributed by atoms with Gasteiger partial charge in [-0.25, -0.2) is 0 Å². The Hall–Kier alpha value is -1.46. The number of methoxy groups -OCH3 is 1. The van der Waals surface area contributed by atoms with Gasteiger partial charge in [0.15, 0.2) is 0 Å². The van der Waals surface area contributed by atoms with Crippen LogP contribution in [0.3, 0.4) is 0 Å². The van der Waals surface area contributed by atoms with Gasteiger partial charge in [-0.3, -0.25) is 9.78 Å². The van der Waals surface area contributed by atoms with Crippen molar-refractivity contribution >= 4 is 5.91 Å². The molecule has 1 saturated heterocycles. The third-order valence-electron chi connectivity index (χ3n) is 3.82. The first-order chi connectivity index (χ1) is 9.65. The summed E-state index contributed by atoms with van der Waals surface area (Å²) in [5, 5.41) is 3.27. The highest BCUT2D eigenvalue weighted by molar-refractivity contribution is 5.83. The van der Waals surface area contributed by atoms with Crippen molar-refractivity contribution in [3.8, 4) is 0 Å². The number of nitrogens with one attached hydrogen (secondary N) is 1. The number of hydrogen-bond acceptors (Lipinski definition) is 4. The van der Waals surface area contributed by atoms with Gasteiger partial charge < -0.3 is 15.0 Å². The number of pyridine rings is 1. The van der Waals surface area contributed by atoms with Gasteiger partial charge in [-0.1, -0.05) is 6.07 Å². The van der Waals surface area contributed by atoms with Gasteiger partial charge in [0.1, 0.15) is 0 Å². The number of aromatic nitrogens is 1. The minimum atomic E-state index is -0.303. The summed E-state index contributed by atoms with van der Waals surface area (Å²) in [4.78, 5) is 18.9. The molecule has 0 spiro atoms. The van der Waals surface area contributed by atoms with Gasteiger partial charge in [0.25, 0.3) is 0 Å². The van der Waals surface area contributed by atoms with Crippen LogP contribution >= 0.6 is 0 Å². The van der Waals surface area contributed by atoms with Gasteiger partial charge in [0.2, 0.25) is 5.91 Å². The molecular weight excluding hydrogens is 254 g/mol. The minimum absolute atomic E-state index is 0.185. The lowest BCUT2D eigenvalue weighted by Crippen LogP contribution is -2.44. The fraction of sp³-hybridized carbons (Fsp3) is 0.600. The van der Waals surface area contributed by atoms with Gasteiger partial charge in [-0.2, -0.15) is 0 Å². The van der Waals surface area contributed by atoms with E-state index < -0.39 is 0 Å². The Kier molecular flexibility index (Phi) is 5.09. The zero-order valence-corrected chi connectivity index (χ0v) is 12.3. The van der Waals surface area contributed by atoms with Crippen LogP contribution in [0.4, 0.5) is 0 Å². The molecule has 0 bridgehead atoms. The van der Waals surface area contributed by atoms with Crippen LogP contribution in [0.15, 0.2) is 24.4 Å². The van der Waals surface area contributed by atoms with Crippen LogP contribution in [0.25, 0.3) is 0 Å². The molecule has 0 radical (unpaired) electrons. The van der Waals surface area contributed by atoms with E-state index >= 15 is 0 Å². The van der Waals surface area contributed by atoms with Crippen molar-refractivity contribution in [3.05, 3.63) is 30.1 Å². The van der Waals surface area contributed by atoms with Gasteiger partial charge in [0.05, 0.1) is 24.3 Å². The maximum Gasteiger partial charge on any atom is 0.230 e. The molecule has 1 atom stereocenters. The number of hydrogen-bond donors (Lipinski definition) is 1. The summed E-state index contributed by atoms with van der Waals surface area (Å²) in [5.74, 6) is 0.185. The van der Waals surface area contributed by atoms with Crippen LogP contribution in [-0.4, -0.2) is 49.1 Å². The predicted octanol–water partition coefficient (Wildman–Crippen LogP) is 1.06. The highest BCUT2D eigenvalue weighted by atomic mass is 16.5. The molecule has 110 valence electrons. The fourth-order valence-electron chi connectivity index (χ4n) is 2.52. The molecule has 20 heavy (non-hydrogen) atoms. The van der Waals surface area contributed by atoms with E-state index in [2.05, 4.69) is 10.3 Å². The molecule has 1 aliphatic rings. The van der Waals surface area contributed by atoms with Crippen molar-refractivity contribution in [1.82, 2.24) is 15.2 Å². The normalized spacial score (nSPS) is 21.9. The van der Waals surface area contributed by atoms with Gasteiger partial charge in [0, 0.05) is 26.4 Å². The van der Waals surface area contributed by atoms with Crippen molar-refractivity contribution in [2.75, 3.05) is 33.4 Å². The van der Waals surface area contributed by atoms with Gasteiger partial charge >= 0.3 is 0 Å². The summed E-state index contributed by atoms with van der Waals surface area (Å²) in [6.07, 6.45) is 2.64. The first kappa shape index (κ1) is 14.9. The van der Waals surface area contributed by atoms with Crippen molar-refractivity contribution in [2.24, 2.45) is 5.41 Å². The quantitative estimate of drug-likeness (QED) is 0.844. The Balaban J connectivity index is 2.08. The van der Waals surface area contributed by atoms with Gasteiger partial charge in [-0.15, -0.1) is 0 Å². The van der Waals surface area contributed by atoms with E-state index in [-0.39, 0.29) is 11.3 Å². The van der Waals surface area contributed by atoms with E-state index in [9.17, 15) is 4.79 Å². The number of ether oxygens (including phenoxy) is 1. The van der Waals surface area contributed by atoms with Crippen molar-refractivity contribution in [2.45, 2.75) is 19.9 Å². The molecule has 0 aliphatic carbocycles. The van der Waals surface area contributed by atoms with E-state index in [4.69, 9.17) is 4.74 Å². The smallest absolute Gasteiger partial charge is 0.230 e. The lowest BCUT2D eigenvalue weighted by atomic mass is 9.88. The average molecular weight is 277 g/mol. The van der Waals surface area contributed by atoms with Crippen LogP contribution in [-0.2, 0) is 16.1 Å². The third-order valence-corrected chi connectivity index (χ3v) is 3.82. The van der Waals surface area contributed by atoms with Crippen LogP contribution in [0.1, 0.15) is 19.0 Å². The minimum Gasteiger partial charge on any atom is -0.383 e. The fourth-order valence-corrected chi connectivity index (χ4v) is 2.52. The average Bonchev–Trinajstić information content (AvgIpc) is 2.92. The zero-order chi connectivity index (χ0) is 14.4. The molecule has 1 unspecified atom stereocenters. The maximum absolute atomic E-state index is 12.8.